The molecular weight excluding hydrogens is 384 g/mol. The molecule has 0 aliphatic rings. The molecule has 0 bridgehead atoms. The van der Waals surface area contributed by atoms with E-state index in [4.69, 9.17) is 11.6 Å². The minimum absolute atomic E-state index is 0. The van der Waals surface area contributed by atoms with Crippen molar-refractivity contribution in [2.75, 3.05) is 0 Å². The van der Waals surface area contributed by atoms with E-state index in [0.717, 1.165) is 11.6 Å². The first-order valence-electron chi connectivity index (χ1n) is 8.13. The first kappa shape index (κ1) is 17.1. The van der Waals surface area contributed by atoms with Crippen molar-refractivity contribution in [3.05, 3.63) is 65.8 Å². The Labute approximate surface area is 157 Å². The summed E-state index contributed by atoms with van der Waals surface area (Å²) >= 11 is 6.01. The molecule has 0 saturated carbocycles. The van der Waals surface area contributed by atoms with E-state index in [0.29, 0.717) is 0 Å². The number of hydrogen-bond acceptors (Lipinski definition) is 0. The number of nitrogens with zero attached hydrogens (tertiary/aromatic N) is 2. The second kappa shape index (κ2) is 7.04. The Bertz CT molecular complexity index is 967. The van der Waals surface area contributed by atoms with Crippen LogP contribution in [0.15, 0.2) is 60.8 Å². The van der Waals surface area contributed by atoms with Gasteiger partial charge in [-0.2, -0.15) is 0 Å². The Kier molecular flexibility index (Phi) is 5.02. The maximum absolute atomic E-state index is 6.01. The molecule has 124 valence electrons. The summed E-state index contributed by atoms with van der Waals surface area (Å²) in [5.74, 6) is 0. The fourth-order valence-corrected chi connectivity index (χ4v) is 3.35. The molecule has 0 fully saturated rings. The van der Waals surface area contributed by atoms with E-state index in [-0.39, 0.29) is 17.0 Å². The van der Waals surface area contributed by atoms with Crippen LogP contribution in [-0.4, -0.2) is 8.97 Å². The molecule has 4 rings (SSSR count). The summed E-state index contributed by atoms with van der Waals surface area (Å²) in [5.41, 5.74) is 6.25. The third kappa shape index (κ3) is 2.87. The largest absolute Gasteiger partial charge is 0.326 e. The topological polar surface area (TPSA) is 9.34 Å². The molecule has 4 heteroatoms. The Balaban J connectivity index is 0.00000169. The van der Waals surface area contributed by atoms with Gasteiger partial charge in [0.25, 0.3) is 0 Å². The Morgan fingerprint density at radius 1 is 0.917 bits per heavy atom. The lowest BCUT2D eigenvalue weighted by Crippen LogP contribution is -1.96. The number of aromatic nitrogens is 2. The van der Waals surface area contributed by atoms with E-state index in [9.17, 15) is 0 Å². The maximum atomic E-state index is 6.01. The number of fused-ring (bicyclic) bond motifs is 3. The molecule has 0 N–H and O–H groups in total. The Morgan fingerprint density at radius 3 is 2.33 bits per heavy atom. The predicted molar refractivity (Wildman–Crippen MR) is 109 cm³/mol. The van der Waals surface area contributed by atoms with Gasteiger partial charge < -0.3 is 8.97 Å². The van der Waals surface area contributed by atoms with Crippen molar-refractivity contribution in [2.45, 2.75) is 26.3 Å². The van der Waals surface area contributed by atoms with Crippen LogP contribution >= 0.6 is 28.6 Å². The van der Waals surface area contributed by atoms with Gasteiger partial charge >= 0.3 is 0 Å². The molecule has 0 atom stereocenters. The number of hydrogen-bond donors (Lipinski definition) is 0. The number of unbranched alkanes of at least 4 members (excludes halogenated alkanes) is 1. The molecular formula is C20H20BrClN2. The van der Waals surface area contributed by atoms with Crippen LogP contribution in [0, 0.1) is 0 Å². The Morgan fingerprint density at radius 2 is 1.62 bits per heavy atom. The molecule has 0 unspecified atom stereocenters. The van der Waals surface area contributed by atoms with Crippen LogP contribution < -0.4 is 0 Å². The molecule has 0 saturated heterocycles. The molecule has 2 aromatic heterocycles. The Hall–Kier alpha value is -1.71. The van der Waals surface area contributed by atoms with Crippen molar-refractivity contribution in [3.8, 4) is 11.1 Å². The van der Waals surface area contributed by atoms with E-state index in [1.807, 2.05) is 12.1 Å². The number of para-hydroxylation sites is 2. The number of aryl methyl sites for hydroxylation is 1. The summed E-state index contributed by atoms with van der Waals surface area (Å²) < 4.78 is 4.73. The average Bonchev–Trinajstić information content (AvgIpc) is 3.12. The lowest BCUT2D eigenvalue weighted by atomic mass is 10.1. The zero-order valence-electron chi connectivity index (χ0n) is 13.6. The van der Waals surface area contributed by atoms with Crippen molar-refractivity contribution in [1.82, 2.24) is 8.97 Å². The van der Waals surface area contributed by atoms with Crippen molar-refractivity contribution in [2.24, 2.45) is 0 Å². The third-order valence-electron chi connectivity index (χ3n) is 4.42. The molecule has 2 nitrogen and oxygen atoms in total. The number of halogens is 2. The van der Waals surface area contributed by atoms with Crippen LogP contribution in [0.2, 0.25) is 5.02 Å². The van der Waals surface area contributed by atoms with Gasteiger partial charge in [0, 0.05) is 23.3 Å². The van der Waals surface area contributed by atoms with Crippen molar-refractivity contribution < 1.29 is 0 Å². The van der Waals surface area contributed by atoms with Crippen LogP contribution in [0.25, 0.3) is 27.8 Å². The fourth-order valence-electron chi connectivity index (χ4n) is 3.22. The predicted octanol–water partition coefficient (Wildman–Crippen LogP) is 6.59. The van der Waals surface area contributed by atoms with Gasteiger partial charge in [0.1, 0.15) is 5.65 Å². The van der Waals surface area contributed by atoms with Gasteiger partial charge in [-0.3, -0.25) is 0 Å². The lowest BCUT2D eigenvalue weighted by molar-refractivity contribution is 0.661. The SMILES string of the molecule is Br.CCCCn1c2ccccc2n2cc(-c3ccc(Cl)cc3)cc12. The van der Waals surface area contributed by atoms with Gasteiger partial charge in [-0.1, -0.05) is 49.2 Å². The zero-order valence-corrected chi connectivity index (χ0v) is 16.0. The lowest BCUT2D eigenvalue weighted by Gasteiger charge is -2.04. The number of rotatable bonds is 4. The number of imidazole rings is 1. The highest BCUT2D eigenvalue weighted by molar-refractivity contribution is 8.93. The van der Waals surface area contributed by atoms with Crippen molar-refractivity contribution >= 4 is 45.3 Å². The highest BCUT2D eigenvalue weighted by Gasteiger charge is 2.12. The van der Waals surface area contributed by atoms with Crippen molar-refractivity contribution in [1.29, 1.82) is 0 Å². The normalized spacial score (nSPS) is 11.1. The summed E-state index contributed by atoms with van der Waals surface area (Å²) in [6.07, 6.45) is 4.61. The molecule has 0 amide bonds. The monoisotopic (exact) mass is 402 g/mol. The van der Waals surface area contributed by atoms with Gasteiger partial charge in [0.15, 0.2) is 0 Å². The summed E-state index contributed by atoms with van der Waals surface area (Å²) in [6.45, 7) is 3.29. The summed E-state index contributed by atoms with van der Waals surface area (Å²) in [6, 6.07) is 18.9. The minimum Gasteiger partial charge on any atom is -0.326 e. The van der Waals surface area contributed by atoms with Gasteiger partial charge in [-0.05, 0) is 42.3 Å². The second-order valence-corrected chi connectivity index (χ2v) is 6.39. The number of benzene rings is 2. The highest BCUT2D eigenvalue weighted by Crippen LogP contribution is 2.29. The fraction of sp³-hybridized carbons (Fsp3) is 0.200. The van der Waals surface area contributed by atoms with Gasteiger partial charge in [0.05, 0.1) is 11.0 Å². The van der Waals surface area contributed by atoms with Crippen molar-refractivity contribution in [3.63, 3.8) is 0 Å². The minimum atomic E-state index is 0. The van der Waals surface area contributed by atoms with E-state index in [1.54, 1.807) is 0 Å². The van der Waals surface area contributed by atoms with E-state index in [2.05, 4.69) is 64.6 Å². The smallest absolute Gasteiger partial charge is 0.118 e. The molecule has 2 aromatic carbocycles. The molecule has 0 radical (unpaired) electrons. The van der Waals surface area contributed by atoms with Crippen LogP contribution in [0.3, 0.4) is 0 Å². The second-order valence-electron chi connectivity index (χ2n) is 5.96. The van der Waals surface area contributed by atoms with Gasteiger partial charge in [-0.15, -0.1) is 17.0 Å². The first-order chi connectivity index (χ1) is 11.3. The standard InChI is InChI=1S/C20H19ClN2.BrH/c1-2-3-12-22-18-6-4-5-7-19(18)23-14-16(13-20(22)23)15-8-10-17(21)11-9-15;/h4-11,13-14H,2-3,12H2,1H3;1H. The quantitative estimate of drug-likeness (QED) is 0.363. The molecule has 24 heavy (non-hydrogen) atoms. The highest BCUT2D eigenvalue weighted by atomic mass is 79.9. The van der Waals surface area contributed by atoms with E-state index >= 15 is 0 Å². The summed E-state index contributed by atoms with van der Waals surface area (Å²) in [4.78, 5) is 0. The molecule has 4 aromatic rings. The van der Waals surface area contributed by atoms with E-state index in [1.165, 1.54) is 40.6 Å². The van der Waals surface area contributed by atoms with Gasteiger partial charge in [0.2, 0.25) is 0 Å². The molecule has 0 spiro atoms. The van der Waals surface area contributed by atoms with Crippen LogP contribution in [0.5, 0.6) is 0 Å². The van der Waals surface area contributed by atoms with E-state index < -0.39 is 0 Å². The maximum Gasteiger partial charge on any atom is 0.118 e. The van der Waals surface area contributed by atoms with Crippen LogP contribution in [0.4, 0.5) is 0 Å². The summed E-state index contributed by atoms with van der Waals surface area (Å²) in [5, 5.41) is 0.774. The van der Waals surface area contributed by atoms with Crippen LogP contribution in [0.1, 0.15) is 19.8 Å². The molecule has 0 aliphatic heterocycles. The average molecular weight is 404 g/mol. The first-order valence-corrected chi connectivity index (χ1v) is 8.51. The summed E-state index contributed by atoms with van der Waals surface area (Å²) in [7, 11) is 0. The zero-order chi connectivity index (χ0) is 15.8. The van der Waals surface area contributed by atoms with Crippen LogP contribution in [-0.2, 0) is 6.54 Å². The third-order valence-corrected chi connectivity index (χ3v) is 4.67. The molecule has 0 aliphatic carbocycles. The molecule has 2 heterocycles. The van der Waals surface area contributed by atoms with Gasteiger partial charge in [-0.25, -0.2) is 0 Å².